The van der Waals surface area contributed by atoms with Gasteiger partial charge in [0.1, 0.15) is 0 Å². The predicted molar refractivity (Wildman–Crippen MR) is 80.3 cm³/mol. The summed E-state index contributed by atoms with van der Waals surface area (Å²) in [6.07, 6.45) is 3.28. The SMILES string of the molecule is CC1CCCC1C(=O)N1CC(CC(=O)O)c2ccccc21. The molecule has 1 N–H and O–H groups in total. The van der Waals surface area contributed by atoms with Gasteiger partial charge in [0, 0.05) is 24.1 Å². The van der Waals surface area contributed by atoms with Crippen LogP contribution in [0.5, 0.6) is 0 Å². The van der Waals surface area contributed by atoms with Gasteiger partial charge < -0.3 is 10.0 Å². The number of carbonyl (C=O) groups excluding carboxylic acids is 1. The molecule has 0 spiro atoms. The summed E-state index contributed by atoms with van der Waals surface area (Å²) < 4.78 is 0. The van der Waals surface area contributed by atoms with E-state index in [0.717, 1.165) is 30.5 Å². The third-order valence-electron chi connectivity index (χ3n) is 4.94. The molecule has 1 aromatic rings. The van der Waals surface area contributed by atoms with Crippen LogP contribution in [0, 0.1) is 11.8 Å². The van der Waals surface area contributed by atoms with Crippen molar-refractivity contribution in [3.63, 3.8) is 0 Å². The van der Waals surface area contributed by atoms with Crippen molar-refractivity contribution < 1.29 is 14.7 Å². The fourth-order valence-electron chi connectivity index (χ4n) is 3.80. The molecule has 0 bridgehead atoms. The number of benzene rings is 1. The molecule has 0 aromatic heterocycles. The zero-order valence-corrected chi connectivity index (χ0v) is 12.3. The first-order valence-corrected chi connectivity index (χ1v) is 7.70. The second kappa shape index (κ2) is 5.51. The number of fused-ring (bicyclic) bond motifs is 1. The lowest BCUT2D eigenvalue weighted by molar-refractivity contribution is -0.137. The number of amides is 1. The summed E-state index contributed by atoms with van der Waals surface area (Å²) in [5.41, 5.74) is 1.91. The molecular weight excluding hydrogens is 266 g/mol. The number of hydrogen-bond acceptors (Lipinski definition) is 2. The summed E-state index contributed by atoms with van der Waals surface area (Å²) in [5, 5.41) is 9.07. The molecule has 3 atom stereocenters. The van der Waals surface area contributed by atoms with E-state index in [2.05, 4.69) is 6.92 Å². The molecule has 4 nitrogen and oxygen atoms in total. The predicted octanol–water partition coefficient (Wildman–Crippen LogP) is 3.03. The van der Waals surface area contributed by atoms with E-state index in [9.17, 15) is 9.59 Å². The van der Waals surface area contributed by atoms with Crippen molar-refractivity contribution >= 4 is 17.6 Å². The van der Waals surface area contributed by atoms with Crippen molar-refractivity contribution in [2.24, 2.45) is 11.8 Å². The third kappa shape index (κ3) is 2.55. The Morgan fingerprint density at radius 3 is 2.71 bits per heavy atom. The van der Waals surface area contributed by atoms with Gasteiger partial charge in [0.25, 0.3) is 0 Å². The van der Waals surface area contributed by atoms with Crippen molar-refractivity contribution in [3.8, 4) is 0 Å². The van der Waals surface area contributed by atoms with Crippen LogP contribution in [-0.4, -0.2) is 23.5 Å². The van der Waals surface area contributed by atoms with Crippen LogP contribution in [-0.2, 0) is 9.59 Å². The van der Waals surface area contributed by atoms with Crippen molar-refractivity contribution in [1.82, 2.24) is 0 Å². The molecule has 1 amide bonds. The summed E-state index contributed by atoms with van der Waals surface area (Å²) in [4.78, 5) is 25.7. The van der Waals surface area contributed by atoms with Gasteiger partial charge in [-0.2, -0.15) is 0 Å². The number of rotatable bonds is 3. The third-order valence-corrected chi connectivity index (χ3v) is 4.94. The molecule has 1 saturated carbocycles. The van der Waals surface area contributed by atoms with Gasteiger partial charge in [0.05, 0.1) is 6.42 Å². The topological polar surface area (TPSA) is 57.6 Å². The number of aliphatic carboxylic acids is 1. The van der Waals surface area contributed by atoms with Gasteiger partial charge in [-0.25, -0.2) is 0 Å². The van der Waals surface area contributed by atoms with Crippen LogP contribution in [0.4, 0.5) is 5.69 Å². The lowest BCUT2D eigenvalue weighted by Crippen LogP contribution is -2.36. The number of anilines is 1. The van der Waals surface area contributed by atoms with Crippen molar-refractivity contribution in [1.29, 1.82) is 0 Å². The number of carboxylic acids is 1. The summed E-state index contributed by atoms with van der Waals surface area (Å²) in [7, 11) is 0. The average molecular weight is 287 g/mol. The summed E-state index contributed by atoms with van der Waals surface area (Å²) in [6, 6.07) is 7.73. The Morgan fingerprint density at radius 2 is 2.05 bits per heavy atom. The van der Waals surface area contributed by atoms with Crippen molar-refractivity contribution in [2.45, 2.75) is 38.5 Å². The van der Waals surface area contributed by atoms with Crippen LogP contribution in [0.25, 0.3) is 0 Å². The van der Waals surface area contributed by atoms with Gasteiger partial charge in [-0.1, -0.05) is 31.5 Å². The number of carboxylic acid groups (broad SMARTS) is 1. The average Bonchev–Trinajstić information content (AvgIpc) is 3.02. The van der Waals surface area contributed by atoms with Gasteiger partial charge in [-0.15, -0.1) is 0 Å². The molecule has 112 valence electrons. The fraction of sp³-hybridized carbons (Fsp3) is 0.529. The maximum Gasteiger partial charge on any atom is 0.304 e. The highest BCUT2D eigenvalue weighted by Crippen LogP contribution is 2.41. The zero-order chi connectivity index (χ0) is 15.0. The molecule has 21 heavy (non-hydrogen) atoms. The quantitative estimate of drug-likeness (QED) is 0.929. The van der Waals surface area contributed by atoms with Crippen LogP contribution >= 0.6 is 0 Å². The molecule has 1 fully saturated rings. The van der Waals surface area contributed by atoms with Crippen LogP contribution in [0.3, 0.4) is 0 Å². The highest BCUT2D eigenvalue weighted by Gasteiger charge is 2.39. The Morgan fingerprint density at radius 1 is 1.29 bits per heavy atom. The largest absolute Gasteiger partial charge is 0.481 e. The van der Waals surface area contributed by atoms with Gasteiger partial charge in [0.15, 0.2) is 0 Å². The second-order valence-electron chi connectivity index (χ2n) is 6.32. The van der Waals surface area contributed by atoms with E-state index < -0.39 is 5.97 Å². The Balaban J connectivity index is 1.87. The van der Waals surface area contributed by atoms with Gasteiger partial charge >= 0.3 is 5.97 Å². The first kappa shape index (κ1) is 14.1. The van der Waals surface area contributed by atoms with Crippen molar-refractivity contribution in [3.05, 3.63) is 29.8 Å². The van der Waals surface area contributed by atoms with E-state index >= 15 is 0 Å². The lowest BCUT2D eigenvalue weighted by Gasteiger charge is -2.24. The molecule has 1 aliphatic heterocycles. The van der Waals surface area contributed by atoms with Gasteiger partial charge in [-0.3, -0.25) is 9.59 Å². The molecular formula is C17H21NO3. The summed E-state index contributed by atoms with van der Waals surface area (Å²) in [5.74, 6) is -0.178. The maximum atomic E-state index is 12.8. The van der Waals surface area contributed by atoms with E-state index in [4.69, 9.17) is 5.11 Å². The van der Waals surface area contributed by atoms with E-state index in [1.807, 2.05) is 29.2 Å². The molecule has 1 heterocycles. The summed E-state index contributed by atoms with van der Waals surface area (Å²) in [6.45, 7) is 2.65. The molecule has 1 aromatic carbocycles. The van der Waals surface area contributed by atoms with E-state index in [-0.39, 0.29) is 24.2 Å². The normalized spacial score (nSPS) is 27.7. The molecule has 4 heteroatoms. The zero-order valence-electron chi connectivity index (χ0n) is 12.3. The standard InChI is InChI=1S/C17H21NO3/c1-11-5-4-7-13(11)17(21)18-10-12(9-16(19)20)14-6-2-3-8-15(14)18/h2-3,6,8,11-13H,4-5,7,9-10H2,1H3,(H,19,20). The van der Waals surface area contributed by atoms with Crippen molar-refractivity contribution in [2.75, 3.05) is 11.4 Å². The van der Waals surface area contributed by atoms with Gasteiger partial charge in [-0.05, 0) is 30.4 Å². The number of nitrogens with zero attached hydrogens (tertiary/aromatic N) is 1. The monoisotopic (exact) mass is 287 g/mol. The van der Waals surface area contributed by atoms with Crippen LogP contribution in [0.15, 0.2) is 24.3 Å². The van der Waals surface area contributed by atoms with Crippen LogP contribution < -0.4 is 4.90 Å². The molecule has 0 radical (unpaired) electrons. The smallest absolute Gasteiger partial charge is 0.304 e. The molecule has 0 saturated heterocycles. The minimum absolute atomic E-state index is 0.0839. The Bertz CT molecular complexity index is 569. The number of carbonyl (C=O) groups is 2. The Labute approximate surface area is 124 Å². The molecule has 2 aliphatic rings. The van der Waals surface area contributed by atoms with Gasteiger partial charge in [0.2, 0.25) is 5.91 Å². The minimum Gasteiger partial charge on any atom is -0.481 e. The molecule has 1 aliphatic carbocycles. The first-order chi connectivity index (χ1) is 10.1. The first-order valence-electron chi connectivity index (χ1n) is 7.70. The lowest BCUT2D eigenvalue weighted by atomic mass is 9.96. The number of para-hydroxylation sites is 1. The van der Waals surface area contributed by atoms with Crippen LogP contribution in [0.2, 0.25) is 0 Å². The second-order valence-corrected chi connectivity index (χ2v) is 6.32. The number of hydrogen-bond donors (Lipinski definition) is 1. The minimum atomic E-state index is -0.807. The summed E-state index contributed by atoms with van der Waals surface area (Å²) >= 11 is 0. The Hall–Kier alpha value is -1.84. The highest BCUT2D eigenvalue weighted by atomic mass is 16.4. The fourth-order valence-corrected chi connectivity index (χ4v) is 3.80. The van der Waals surface area contributed by atoms with E-state index in [1.165, 1.54) is 0 Å². The van der Waals surface area contributed by atoms with E-state index in [0.29, 0.717) is 12.5 Å². The highest BCUT2D eigenvalue weighted by molar-refractivity contribution is 5.98. The molecule has 3 unspecified atom stereocenters. The van der Waals surface area contributed by atoms with E-state index in [1.54, 1.807) is 0 Å². The maximum absolute atomic E-state index is 12.8. The van der Waals surface area contributed by atoms with Crippen LogP contribution in [0.1, 0.15) is 44.1 Å². The molecule has 3 rings (SSSR count). The Kier molecular flexibility index (Phi) is 3.70.